The Morgan fingerprint density at radius 2 is 2.25 bits per heavy atom. The molecule has 1 aliphatic carbocycles. The lowest BCUT2D eigenvalue weighted by molar-refractivity contribution is -0.166. The number of rotatable bonds is 2. The first-order valence-electron chi connectivity index (χ1n) is 5.57. The Balaban J connectivity index is 2.32. The number of benzene rings is 1. The van der Waals surface area contributed by atoms with Gasteiger partial charge in [0.2, 0.25) is 0 Å². The van der Waals surface area contributed by atoms with Gasteiger partial charge in [-0.3, -0.25) is 0 Å². The van der Waals surface area contributed by atoms with Crippen molar-refractivity contribution in [1.82, 2.24) is 0 Å². The van der Waals surface area contributed by atoms with Gasteiger partial charge in [0, 0.05) is 12.3 Å². The summed E-state index contributed by atoms with van der Waals surface area (Å²) < 4.78 is 4.94. The summed E-state index contributed by atoms with van der Waals surface area (Å²) in [6.45, 7) is 3.90. The highest BCUT2D eigenvalue weighted by Gasteiger charge is 2.49. The quantitative estimate of drug-likeness (QED) is 0.771. The molecule has 0 aromatic heterocycles. The third-order valence-corrected chi connectivity index (χ3v) is 3.33. The summed E-state index contributed by atoms with van der Waals surface area (Å²) in [7, 11) is 0. The highest BCUT2D eigenvalue weighted by molar-refractivity contribution is 5.82. The van der Waals surface area contributed by atoms with Gasteiger partial charge in [0.05, 0.1) is 6.61 Å². The number of fused-ring (bicyclic) bond motifs is 1. The molecule has 2 rings (SSSR count). The molecule has 1 aliphatic rings. The molecule has 1 N–H and O–H groups in total. The van der Waals surface area contributed by atoms with E-state index in [-0.39, 0.29) is 5.92 Å². The number of aliphatic hydroxyl groups is 1. The zero-order valence-electron chi connectivity index (χ0n) is 9.56. The van der Waals surface area contributed by atoms with Crippen LogP contribution in [0.15, 0.2) is 24.3 Å². The van der Waals surface area contributed by atoms with Crippen molar-refractivity contribution in [1.29, 1.82) is 0 Å². The molecule has 0 saturated heterocycles. The summed E-state index contributed by atoms with van der Waals surface area (Å²) in [5.74, 6) is -0.721. The smallest absolute Gasteiger partial charge is 0.339 e. The molecule has 16 heavy (non-hydrogen) atoms. The Kier molecular flexibility index (Phi) is 2.72. The fraction of sp³-hybridized carbons (Fsp3) is 0.462. The molecule has 2 atom stereocenters. The lowest BCUT2D eigenvalue weighted by Crippen LogP contribution is -2.43. The first-order valence-corrected chi connectivity index (χ1v) is 5.57. The highest BCUT2D eigenvalue weighted by Crippen LogP contribution is 2.41. The molecule has 0 bridgehead atoms. The maximum atomic E-state index is 11.8. The Hall–Kier alpha value is -1.35. The van der Waals surface area contributed by atoms with E-state index in [2.05, 4.69) is 0 Å². The van der Waals surface area contributed by atoms with E-state index in [1.165, 1.54) is 0 Å². The van der Waals surface area contributed by atoms with Gasteiger partial charge in [0.1, 0.15) is 0 Å². The van der Waals surface area contributed by atoms with Gasteiger partial charge in [0.15, 0.2) is 5.60 Å². The van der Waals surface area contributed by atoms with Crippen LogP contribution in [-0.4, -0.2) is 23.3 Å². The molecule has 3 nitrogen and oxygen atoms in total. The predicted molar refractivity (Wildman–Crippen MR) is 60.1 cm³/mol. The molecule has 0 radical (unpaired) electrons. The largest absolute Gasteiger partial charge is 0.464 e. The maximum absolute atomic E-state index is 11.8. The summed E-state index contributed by atoms with van der Waals surface area (Å²) in [5, 5.41) is 10.4. The fourth-order valence-electron chi connectivity index (χ4n) is 2.32. The van der Waals surface area contributed by atoms with Crippen LogP contribution in [0.2, 0.25) is 0 Å². The van der Waals surface area contributed by atoms with Crippen LogP contribution in [-0.2, 0) is 16.0 Å². The van der Waals surface area contributed by atoms with Crippen molar-refractivity contribution < 1.29 is 14.6 Å². The first kappa shape index (κ1) is 11.1. The van der Waals surface area contributed by atoms with Gasteiger partial charge in [-0.2, -0.15) is 0 Å². The van der Waals surface area contributed by atoms with E-state index < -0.39 is 11.6 Å². The van der Waals surface area contributed by atoms with Gasteiger partial charge in [-0.1, -0.05) is 31.2 Å². The molecule has 0 aliphatic heterocycles. The third-order valence-electron chi connectivity index (χ3n) is 3.33. The molecule has 1 unspecified atom stereocenters. The van der Waals surface area contributed by atoms with E-state index in [0.29, 0.717) is 13.0 Å². The predicted octanol–water partition coefficient (Wildman–Crippen LogP) is 1.64. The third kappa shape index (κ3) is 1.52. The van der Waals surface area contributed by atoms with Crippen LogP contribution >= 0.6 is 0 Å². The standard InChI is InChI=1S/C13H16O3/c1-3-16-12(14)13(15)8-10-6-4-5-7-11(10)9(13)2/h4-7,9,15H,3,8H2,1-2H3/t9?,13-/m1/s1. The second kappa shape index (κ2) is 3.91. The van der Waals surface area contributed by atoms with Crippen LogP contribution in [0.25, 0.3) is 0 Å². The van der Waals surface area contributed by atoms with Gasteiger partial charge < -0.3 is 9.84 Å². The molecule has 0 saturated carbocycles. The number of carbonyl (C=O) groups is 1. The van der Waals surface area contributed by atoms with E-state index in [0.717, 1.165) is 11.1 Å². The van der Waals surface area contributed by atoms with Crippen LogP contribution in [0, 0.1) is 0 Å². The molecule has 0 fully saturated rings. The number of carbonyl (C=O) groups excluding carboxylic acids is 1. The summed E-state index contributed by atoms with van der Waals surface area (Å²) in [6.07, 6.45) is 0.350. The monoisotopic (exact) mass is 220 g/mol. The average Bonchev–Trinajstić information content (AvgIpc) is 2.54. The number of hydrogen-bond acceptors (Lipinski definition) is 3. The Labute approximate surface area is 95.0 Å². The van der Waals surface area contributed by atoms with Crippen LogP contribution in [0.1, 0.15) is 30.9 Å². The minimum atomic E-state index is -1.39. The Bertz CT molecular complexity index is 413. The van der Waals surface area contributed by atoms with E-state index in [9.17, 15) is 9.90 Å². The van der Waals surface area contributed by atoms with Crippen molar-refractivity contribution >= 4 is 5.97 Å². The van der Waals surface area contributed by atoms with E-state index in [4.69, 9.17) is 4.74 Å². The molecule has 1 aromatic carbocycles. The summed E-state index contributed by atoms with van der Waals surface area (Å²) in [6, 6.07) is 7.74. The zero-order valence-corrected chi connectivity index (χ0v) is 9.56. The van der Waals surface area contributed by atoms with Crippen molar-refractivity contribution in [2.75, 3.05) is 6.61 Å². The van der Waals surface area contributed by atoms with E-state index >= 15 is 0 Å². The van der Waals surface area contributed by atoms with Crippen molar-refractivity contribution in [3.8, 4) is 0 Å². The van der Waals surface area contributed by atoms with Crippen LogP contribution < -0.4 is 0 Å². The van der Waals surface area contributed by atoms with Gasteiger partial charge in [0.25, 0.3) is 0 Å². The molecular weight excluding hydrogens is 204 g/mol. The van der Waals surface area contributed by atoms with E-state index in [1.54, 1.807) is 6.92 Å². The molecule has 0 heterocycles. The van der Waals surface area contributed by atoms with Gasteiger partial charge in [-0.15, -0.1) is 0 Å². The van der Waals surface area contributed by atoms with Gasteiger partial charge in [-0.25, -0.2) is 4.79 Å². The highest BCUT2D eigenvalue weighted by atomic mass is 16.5. The number of esters is 1. The lowest BCUT2D eigenvalue weighted by Gasteiger charge is -2.25. The van der Waals surface area contributed by atoms with Crippen LogP contribution in [0.3, 0.4) is 0 Å². The summed E-state index contributed by atoms with van der Waals surface area (Å²) in [4.78, 5) is 11.8. The van der Waals surface area contributed by atoms with Crippen LogP contribution in [0.4, 0.5) is 0 Å². The second-order valence-corrected chi connectivity index (χ2v) is 4.24. The summed E-state index contributed by atoms with van der Waals surface area (Å²) in [5.41, 5.74) is 0.684. The summed E-state index contributed by atoms with van der Waals surface area (Å²) >= 11 is 0. The first-order chi connectivity index (χ1) is 7.59. The van der Waals surface area contributed by atoms with Crippen molar-refractivity contribution in [3.63, 3.8) is 0 Å². The van der Waals surface area contributed by atoms with Crippen molar-refractivity contribution in [2.45, 2.75) is 31.8 Å². The Morgan fingerprint density at radius 1 is 1.56 bits per heavy atom. The zero-order chi connectivity index (χ0) is 11.8. The minimum Gasteiger partial charge on any atom is -0.464 e. The molecule has 0 spiro atoms. The minimum absolute atomic E-state index is 0.206. The van der Waals surface area contributed by atoms with Crippen molar-refractivity contribution in [3.05, 3.63) is 35.4 Å². The van der Waals surface area contributed by atoms with Gasteiger partial charge in [-0.05, 0) is 18.1 Å². The molecule has 1 aromatic rings. The molecule has 0 amide bonds. The molecule has 3 heteroatoms. The Morgan fingerprint density at radius 3 is 2.88 bits per heavy atom. The maximum Gasteiger partial charge on any atom is 0.339 e. The SMILES string of the molecule is CCOC(=O)[C@@]1(O)Cc2ccccc2C1C. The lowest BCUT2D eigenvalue weighted by atomic mass is 9.90. The fourth-order valence-corrected chi connectivity index (χ4v) is 2.32. The normalized spacial score (nSPS) is 27.6. The molecule has 86 valence electrons. The molecular formula is C13H16O3. The van der Waals surface area contributed by atoms with Crippen LogP contribution in [0.5, 0.6) is 0 Å². The number of ether oxygens (including phenoxy) is 1. The van der Waals surface area contributed by atoms with Gasteiger partial charge >= 0.3 is 5.97 Å². The second-order valence-electron chi connectivity index (χ2n) is 4.24. The average molecular weight is 220 g/mol. The van der Waals surface area contributed by atoms with E-state index in [1.807, 2.05) is 31.2 Å². The number of hydrogen-bond donors (Lipinski definition) is 1. The topological polar surface area (TPSA) is 46.5 Å². The van der Waals surface area contributed by atoms with Crippen molar-refractivity contribution in [2.24, 2.45) is 0 Å².